The Bertz CT molecular complexity index is 925. The van der Waals surface area contributed by atoms with Gasteiger partial charge in [0.05, 0.1) is 18.2 Å². The Morgan fingerprint density at radius 1 is 1.22 bits per heavy atom. The Morgan fingerprint density at radius 2 is 1.93 bits per heavy atom. The van der Waals surface area contributed by atoms with Gasteiger partial charge in [-0.25, -0.2) is 4.79 Å². The van der Waals surface area contributed by atoms with Gasteiger partial charge in [0, 0.05) is 25.0 Å². The van der Waals surface area contributed by atoms with Crippen molar-refractivity contribution in [2.45, 2.75) is 27.0 Å². The molecule has 0 radical (unpaired) electrons. The zero-order valence-electron chi connectivity index (χ0n) is 15.7. The SMILES string of the molecule is COCCn1c(C)cc(/C=C(\C#N)C(=O)OCc2ccc(C#N)cc2)c1C. The lowest BCUT2D eigenvalue weighted by Gasteiger charge is -2.08. The summed E-state index contributed by atoms with van der Waals surface area (Å²) in [5, 5.41) is 18.1. The van der Waals surface area contributed by atoms with E-state index in [9.17, 15) is 10.1 Å². The predicted molar refractivity (Wildman–Crippen MR) is 100 cm³/mol. The van der Waals surface area contributed by atoms with Gasteiger partial charge in [0.15, 0.2) is 0 Å². The number of rotatable bonds is 7. The summed E-state index contributed by atoms with van der Waals surface area (Å²) in [7, 11) is 1.65. The molecule has 0 aliphatic rings. The predicted octanol–water partition coefficient (Wildman–Crippen LogP) is 3.27. The number of carbonyl (C=O) groups is 1. The molecule has 0 aliphatic heterocycles. The molecule has 138 valence electrons. The molecule has 0 saturated carbocycles. The van der Waals surface area contributed by atoms with Crippen LogP contribution in [0.15, 0.2) is 35.9 Å². The van der Waals surface area contributed by atoms with E-state index in [0.29, 0.717) is 18.7 Å². The molecule has 0 aliphatic carbocycles. The van der Waals surface area contributed by atoms with Gasteiger partial charge in [-0.15, -0.1) is 0 Å². The molecular formula is C21H21N3O3. The number of hydrogen-bond acceptors (Lipinski definition) is 5. The lowest BCUT2D eigenvalue weighted by Crippen LogP contribution is -2.08. The van der Waals surface area contributed by atoms with Gasteiger partial charge in [-0.3, -0.25) is 0 Å². The van der Waals surface area contributed by atoms with Crippen LogP contribution < -0.4 is 0 Å². The molecule has 27 heavy (non-hydrogen) atoms. The fraction of sp³-hybridized carbons (Fsp3) is 0.286. The van der Waals surface area contributed by atoms with Crippen molar-refractivity contribution in [2.24, 2.45) is 0 Å². The van der Waals surface area contributed by atoms with Crippen LogP contribution in [0.4, 0.5) is 0 Å². The van der Waals surface area contributed by atoms with Crippen LogP contribution in [0, 0.1) is 36.5 Å². The van der Waals surface area contributed by atoms with Crippen LogP contribution in [0.2, 0.25) is 0 Å². The molecule has 0 amide bonds. The van der Waals surface area contributed by atoms with Crippen molar-refractivity contribution in [3.63, 3.8) is 0 Å². The molecule has 0 fully saturated rings. The van der Waals surface area contributed by atoms with E-state index in [1.54, 1.807) is 37.5 Å². The highest BCUT2D eigenvalue weighted by Crippen LogP contribution is 2.19. The minimum atomic E-state index is -0.677. The van der Waals surface area contributed by atoms with Crippen LogP contribution in [0.1, 0.15) is 28.1 Å². The second kappa shape index (κ2) is 9.38. The number of esters is 1. The quantitative estimate of drug-likeness (QED) is 0.428. The van der Waals surface area contributed by atoms with Gasteiger partial charge in [0.2, 0.25) is 0 Å². The van der Waals surface area contributed by atoms with Crippen LogP contribution in [0.5, 0.6) is 0 Å². The van der Waals surface area contributed by atoms with Gasteiger partial charge in [-0.1, -0.05) is 12.1 Å². The van der Waals surface area contributed by atoms with Gasteiger partial charge in [-0.2, -0.15) is 10.5 Å². The molecule has 0 unspecified atom stereocenters. The fourth-order valence-corrected chi connectivity index (χ4v) is 2.70. The first-order valence-electron chi connectivity index (χ1n) is 8.43. The number of aromatic nitrogens is 1. The van der Waals surface area contributed by atoms with E-state index in [4.69, 9.17) is 14.7 Å². The lowest BCUT2D eigenvalue weighted by molar-refractivity contribution is -0.139. The van der Waals surface area contributed by atoms with Crippen LogP contribution in [-0.2, 0) is 27.4 Å². The summed E-state index contributed by atoms with van der Waals surface area (Å²) < 4.78 is 12.4. The first kappa shape index (κ1) is 20.0. The summed E-state index contributed by atoms with van der Waals surface area (Å²) in [6.45, 7) is 5.22. The van der Waals surface area contributed by atoms with E-state index in [1.807, 2.05) is 32.1 Å². The molecule has 6 heteroatoms. The second-order valence-corrected chi connectivity index (χ2v) is 6.03. The van der Waals surface area contributed by atoms with Gasteiger partial charge < -0.3 is 14.0 Å². The number of carbonyl (C=O) groups excluding carboxylic acids is 1. The molecule has 0 spiro atoms. The van der Waals surface area contributed by atoms with Crippen molar-refractivity contribution in [2.75, 3.05) is 13.7 Å². The van der Waals surface area contributed by atoms with Crippen LogP contribution in [0.25, 0.3) is 6.08 Å². The van der Waals surface area contributed by atoms with Gasteiger partial charge in [-0.05, 0) is 49.2 Å². The third-order valence-electron chi connectivity index (χ3n) is 4.22. The normalized spacial score (nSPS) is 10.9. The van der Waals surface area contributed by atoms with Crippen LogP contribution in [0.3, 0.4) is 0 Å². The number of aryl methyl sites for hydroxylation is 1. The first-order chi connectivity index (χ1) is 13.0. The van der Waals surface area contributed by atoms with Gasteiger partial charge >= 0.3 is 5.97 Å². The molecule has 1 aromatic heterocycles. The Morgan fingerprint density at radius 3 is 2.52 bits per heavy atom. The van der Waals surface area contributed by atoms with E-state index < -0.39 is 5.97 Å². The third kappa shape index (κ3) is 5.07. The molecule has 0 bridgehead atoms. The molecule has 0 atom stereocenters. The van der Waals surface area contributed by atoms with Gasteiger partial charge in [0.1, 0.15) is 18.2 Å². The molecule has 2 aromatic rings. The standard InChI is InChI=1S/C21H21N3O3/c1-15-10-19(16(2)24(15)8-9-26-3)11-20(13-23)21(25)27-14-18-6-4-17(12-22)5-7-18/h4-7,10-11H,8-9,14H2,1-3H3/b20-11+. The van der Waals surface area contributed by atoms with E-state index >= 15 is 0 Å². The fourth-order valence-electron chi connectivity index (χ4n) is 2.70. The highest BCUT2D eigenvalue weighted by atomic mass is 16.5. The Labute approximate surface area is 158 Å². The topological polar surface area (TPSA) is 88.0 Å². The van der Waals surface area contributed by atoms with Crippen molar-refractivity contribution in [1.82, 2.24) is 4.57 Å². The smallest absolute Gasteiger partial charge is 0.349 e. The molecule has 6 nitrogen and oxygen atoms in total. The van der Waals surface area contributed by atoms with Crippen LogP contribution >= 0.6 is 0 Å². The second-order valence-electron chi connectivity index (χ2n) is 6.03. The molecule has 0 saturated heterocycles. The summed E-state index contributed by atoms with van der Waals surface area (Å²) in [6.07, 6.45) is 1.55. The summed E-state index contributed by atoms with van der Waals surface area (Å²) >= 11 is 0. The lowest BCUT2D eigenvalue weighted by atomic mass is 10.1. The summed E-state index contributed by atoms with van der Waals surface area (Å²) in [5.41, 5.74) is 4.01. The number of nitriles is 2. The van der Waals surface area contributed by atoms with E-state index in [0.717, 1.165) is 22.5 Å². The average molecular weight is 363 g/mol. The van der Waals surface area contributed by atoms with Crippen LogP contribution in [-0.4, -0.2) is 24.3 Å². The highest BCUT2D eigenvalue weighted by Gasteiger charge is 2.14. The molecule has 1 heterocycles. The van der Waals surface area contributed by atoms with Crippen molar-refractivity contribution >= 4 is 12.0 Å². The van der Waals surface area contributed by atoms with E-state index in [1.165, 1.54) is 0 Å². The van der Waals surface area contributed by atoms with Crippen molar-refractivity contribution in [3.8, 4) is 12.1 Å². The van der Waals surface area contributed by atoms with Crippen molar-refractivity contribution < 1.29 is 14.3 Å². The Kier molecular flexibility index (Phi) is 6.93. The third-order valence-corrected chi connectivity index (χ3v) is 4.22. The summed E-state index contributed by atoms with van der Waals surface area (Å²) in [4.78, 5) is 12.3. The molecular weight excluding hydrogens is 342 g/mol. The zero-order valence-corrected chi connectivity index (χ0v) is 15.7. The number of hydrogen-bond donors (Lipinski definition) is 0. The summed E-state index contributed by atoms with van der Waals surface area (Å²) in [6, 6.07) is 12.6. The van der Waals surface area contributed by atoms with E-state index in [2.05, 4.69) is 4.57 Å². The molecule has 0 N–H and O–H groups in total. The number of methoxy groups -OCH3 is 1. The zero-order chi connectivity index (χ0) is 19.8. The Balaban J connectivity index is 2.12. The average Bonchev–Trinajstić information content (AvgIpc) is 2.95. The molecule has 1 aromatic carbocycles. The highest BCUT2D eigenvalue weighted by molar-refractivity contribution is 5.98. The minimum Gasteiger partial charge on any atom is -0.457 e. The molecule has 2 rings (SSSR count). The summed E-state index contributed by atoms with van der Waals surface area (Å²) in [5.74, 6) is -0.677. The van der Waals surface area contributed by atoms with Gasteiger partial charge in [0.25, 0.3) is 0 Å². The Hall–Kier alpha value is -3.35. The number of ether oxygens (including phenoxy) is 2. The minimum absolute atomic E-state index is 0.0381. The first-order valence-corrected chi connectivity index (χ1v) is 8.43. The maximum atomic E-state index is 12.3. The number of nitrogens with zero attached hydrogens (tertiary/aromatic N) is 3. The maximum Gasteiger partial charge on any atom is 0.349 e. The maximum absolute atomic E-state index is 12.3. The largest absolute Gasteiger partial charge is 0.457 e. The van der Waals surface area contributed by atoms with Crippen molar-refractivity contribution in [3.05, 3.63) is 64.0 Å². The number of benzene rings is 1. The monoisotopic (exact) mass is 363 g/mol. The van der Waals surface area contributed by atoms with Crippen molar-refractivity contribution in [1.29, 1.82) is 10.5 Å². The van der Waals surface area contributed by atoms with E-state index in [-0.39, 0.29) is 12.2 Å².